The lowest BCUT2D eigenvalue weighted by atomic mass is 10.1. The van der Waals surface area contributed by atoms with Crippen LogP contribution in [0.15, 0.2) is 24.3 Å². The minimum absolute atomic E-state index is 0.0538. The van der Waals surface area contributed by atoms with Gasteiger partial charge in [0.15, 0.2) is 0 Å². The van der Waals surface area contributed by atoms with Crippen molar-refractivity contribution < 1.29 is 9.59 Å². The number of benzene rings is 1. The van der Waals surface area contributed by atoms with Gasteiger partial charge in [0.25, 0.3) is 5.91 Å². The number of hydrogen-bond donors (Lipinski definition) is 2. The molecule has 5 heteroatoms. The number of hydrogen-bond acceptors (Lipinski definition) is 2. The number of rotatable bonds is 8. The van der Waals surface area contributed by atoms with Crippen LogP contribution in [0.4, 0.5) is 10.5 Å². The molecule has 0 radical (unpaired) electrons. The van der Waals surface area contributed by atoms with E-state index in [2.05, 4.69) is 17.6 Å². The number of unbranched alkanes of at least 4 members (excludes halogenated alkanes) is 3. The van der Waals surface area contributed by atoms with Gasteiger partial charge in [0.1, 0.15) is 0 Å². The minimum atomic E-state index is -0.212. The van der Waals surface area contributed by atoms with E-state index < -0.39 is 0 Å². The van der Waals surface area contributed by atoms with Crippen molar-refractivity contribution in [2.24, 2.45) is 0 Å². The number of nitrogens with zero attached hydrogens (tertiary/aromatic N) is 1. The molecule has 3 amide bonds. The van der Waals surface area contributed by atoms with E-state index in [0.29, 0.717) is 11.3 Å². The van der Waals surface area contributed by atoms with Crippen molar-refractivity contribution in [1.29, 1.82) is 0 Å². The molecule has 0 saturated carbocycles. The lowest BCUT2D eigenvalue weighted by Crippen LogP contribution is -2.36. The smallest absolute Gasteiger partial charge is 0.319 e. The number of carbonyl (C=O) groups is 2. The van der Waals surface area contributed by atoms with Crippen molar-refractivity contribution in [3.8, 4) is 0 Å². The van der Waals surface area contributed by atoms with E-state index in [-0.39, 0.29) is 18.0 Å². The summed E-state index contributed by atoms with van der Waals surface area (Å²) in [6.07, 6.45) is 9.14. The Bertz CT molecular complexity index is 582. The molecule has 2 rings (SSSR count). The molecule has 1 fully saturated rings. The largest absolute Gasteiger partial charge is 0.339 e. The summed E-state index contributed by atoms with van der Waals surface area (Å²) < 4.78 is 0. The zero-order chi connectivity index (χ0) is 18.8. The van der Waals surface area contributed by atoms with Gasteiger partial charge in [0.05, 0.1) is 0 Å². The summed E-state index contributed by atoms with van der Waals surface area (Å²) >= 11 is 0. The van der Waals surface area contributed by atoms with Crippen molar-refractivity contribution in [1.82, 2.24) is 10.2 Å². The van der Waals surface area contributed by atoms with Gasteiger partial charge in [-0.1, -0.05) is 38.7 Å². The number of likely N-dealkylation sites (tertiary alicyclic amines) is 1. The van der Waals surface area contributed by atoms with Gasteiger partial charge in [-0.15, -0.1) is 0 Å². The maximum absolute atomic E-state index is 12.6. The fraction of sp³-hybridized carbons (Fsp3) is 0.619. The number of piperidine rings is 1. The molecule has 1 aromatic carbocycles. The van der Waals surface area contributed by atoms with Gasteiger partial charge in [-0.3, -0.25) is 4.79 Å². The highest BCUT2D eigenvalue weighted by atomic mass is 16.2. The fourth-order valence-electron chi connectivity index (χ4n) is 3.35. The number of urea groups is 1. The quantitative estimate of drug-likeness (QED) is 0.655. The zero-order valence-electron chi connectivity index (χ0n) is 16.2. The molecule has 1 aromatic rings. The summed E-state index contributed by atoms with van der Waals surface area (Å²) in [7, 11) is 0. The van der Waals surface area contributed by atoms with Gasteiger partial charge in [-0.2, -0.15) is 0 Å². The molecule has 1 atom stereocenters. The molecule has 1 unspecified atom stereocenters. The van der Waals surface area contributed by atoms with Crippen LogP contribution in [0.1, 0.15) is 75.6 Å². The van der Waals surface area contributed by atoms with Crippen molar-refractivity contribution in [3.05, 3.63) is 29.8 Å². The highest BCUT2D eigenvalue weighted by Crippen LogP contribution is 2.16. The summed E-state index contributed by atoms with van der Waals surface area (Å²) in [5.41, 5.74) is 1.29. The molecule has 0 spiro atoms. The fourth-order valence-corrected chi connectivity index (χ4v) is 3.35. The van der Waals surface area contributed by atoms with E-state index in [0.717, 1.165) is 38.8 Å². The summed E-state index contributed by atoms with van der Waals surface area (Å²) in [5.74, 6) is 0.0538. The van der Waals surface area contributed by atoms with E-state index in [1.54, 1.807) is 6.07 Å². The van der Waals surface area contributed by atoms with Crippen molar-refractivity contribution in [3.63, 3.8) is 0 Å². The Morgan fingerprint density at radius 2 is 1.88 bits per heavy atom. The Hall–Kier alpha value is -2.04. The SMILES string of the molecule is CCCCCCC(C)NC(=O)Nc1cccc(C(=O)N2CCCCC2)c1. The lowest BCUT2D eigenvalue weighted by Gasteiger charge is -2.26. The molecule has 5 nitrogen and oxygen atoms in total. The molecule has 2 N–H and O–H groups in total. The molecule has 26 heavy (non-hydrogen) atoms. The van der Waals surface area contributed by atoms with Crippen molar-refractivity contribution in [2.45, 2.75) is 71.3 Å². The Labute approximate surface area is 157 Å². The Morgan fingerprint density at radius 3 is 2.62 bits per heavy atom. The highest BCUT2D eigenvalue weighted by molar-refractivity contribution is 5.97. The van der Waals surface area contributed by atoms with Gasteiger partial charge in [0.2, 0.25) is 0 Å². The zero-order valence-corrected chi connectivity index (χ0v) is 16.2. The molecular weight excluding hydrogens is 326 g/mol. The molecular formula is C21H33N3O2. The van der Waals surface area contributed by atoms with Crippen LogP contribution in [0.2, 0.25) is 0 Å². The predicted octanol–water partition coefficient (Wildman–Crippen LogP) is 4.79. The highest BCUT2D eigenvalue weighted by Gasteiger charge is 2.18. The number of amides is 3. The van der Waals surface area contributed by atoms with Gasteiger partial charge >= 0.3 is 6.03 Å². The molecule has 1 saturated heterocycles. The first kappa shape index (κ1) is 20.3. The third-order valence-electron chi connectivity index (χ3n) is 4.88. The number of carbonyl (C=O) groups excluding carboxylic acids is 2. The van der Waals surface area contributed by atoms with Gasteiger partial charge in [-0.25, -0.2) is 4.79 Å². The van der Waals surface area contributed by atoms with Crippen LogP contribution in [0.25, 0.3) is 0 Å². The molecule has 0 aromatic heterocycles. The second-order valence-electron chi connectivity index (χ2n) is 7.28. The van der Waals surface area contributed by atoms with Crippen LogP contribution < -0.4 is 10.6 Å². The summed E-state index contributed by atoms with van der Waals surface area (Å²) in [5, 5.41) is 5.82. The normalized spacial score (nSPS) is 15.4. The maximum Gasteiger partial charge on any atom is 0.319 e. The first-order valence-corrected chi connectivity index (χ1v) is 10.1. The van der Waals surface area contributed by atoms with Gasteiger partial charge in [0, 0.05) is 30.4 Å². The average molecular weight is 360 g/mol. The van der Waals surface area contributed by atoms with Crippen LogP contribution in [0.5, 0.6) is 0 Å². The third-order valence-corrected chi connectivity index (χ3v) is 4.88. The Morgan fingerprint density at radius 1 is 1.12 bits per heavy atom. The summed E-state index contributed by atoms with van der Waals surface area (Å²) in [6.45, 7) is 5.88. The maximum atomic E-state index is 12.6. The lowest BCUT2D eigenvalue weighted by molar-refractivity contribution is 0.0724. The molecule has 1 heterocycles. The average Bonchev–Trinajstić information content (AvgIpc) is 2.65. The van der Waals surface area contributed by atoms with Crippen molar-refractivity contribution >= 4 is 17.6 Å². The van der Waals surface area contributed by atoms with Crippen LogP contribution in [0.3, 0.4) is 0 Å². The second kappa shape index (κ2) is 10.8. The van der Waals surface area contributed by atoms with E-state index in [1.807, 2.05) is 30.0 Å². The van der Waals surface area contributed by atoms with E-state index >= 15 is 0 Å². The molecule has 1 aliphatic heterocycles. The molecule has 0 bridgehead atoms. The van der Waals surface area contributed by atoms with Crippen LogP contribution in [-0.2, 0) is 0 Å². The number of anilines is 1. The molecule has 144 valence electrons. The van der Waals surface area contributed by atoms with E-state index in [4.69, 9.17) is 0 Å². The Kier molecular flexibility index (Phi) is 8.45. The first-order chi connectivity index (χ1) is 12.6. The third kappa shape index (κ3) is 6.70. The van der Waals surface area contributed by atoms with Crippen LogP contribution in [-0.4, -0.2) is 36.0 Å². The standard InChI is InChI=1S/C21H33N3O2/c1-3-4-5-7-11-17(2)22-21(26)23-19-13-10-12-18(16-19)20(25)24-14-8-6-9-15-24/h10,12-13,16-17H,3-9,11,14-15H2,1-2H3,(H2,22,23,26). The molecule has 0 aliphatic carbocycles. The predicted molar refractivity (Wildman–Crippen MR) is 107 cm³/mol. The van der Waals surface area contributed by atoms with E-state index in [9.17, 15) is 9.59 Å². The Balaban J connectivity index is 1.83. The summed E-state index contributed by atoms with van der Waals surface area (Å²) in [4.78, 5) is 26.7. The van der Waals surface area contributed by atoms with Gasteiger partial charge < -0.3 is 15.5 Å². The van der Waals surface area contributed by atoms with Crippen molar-refractivity contribution in [2.75, 3.05) is 18.4 Å². The van der Waals surface area contributed by atoms with Gasteiger partial charge in [-0.05, 0) is 50.8 Å². The number of nitrogens with one attached hydrogen (secondary N) is 2. The first-order valence-electron chi connectivity index (χ1n) is 10.1. The van der Waals surface area contributed by atoms with Crippen LogP contribution >= 0.6 is 0 Å². The topological polar surface area (TPSA) is 61.4 Å². The minimum Gasteiger partial charge on any atom is -0.339 e. The van der Waals surface area contributed by atoms with E-state index in [1.165, 1.54) is 25.7 Å². The second-order valence-corrected chi connectivity index (χ2v) is 7.28. The molecule has 1 aliphatic rings. The summed E-state index contributed by atoms with van der Waals surface area (Å²) in [6, 6.07) is 7.15. The van der Waals surface area contributed by atoms with Crippen LogP contribution in [0, 0.1) is 0 Å². The monoisotopic (exact) mass is 359 g/mol.